The van der Waals surface area contributed by atoms with Crippen molar-refractivity contribution < 1.29 is 9.53 Å². The summed E-state index contributed by atoms with van der Waals surface area (Å²) in [4.78, 5) is 14.2. The zero-order chi connectivity index (χ0) is 10.1. The molecule has 1 aliphatic heterocycles. The summed E-state index contributed by atoms with van der Waals surface area (Å²) < 4.78 is 5.23. The highest BCUT2D eigenvalue weighted by Gasteiger charge is 2.26. The molecule has 0 aliphatic carbocycles. The molecule has 1 aliphatic rings. The zero-order valence-electron chi connectivity index (χ0n) is 8.50. The third-order valence-corrected chi connectivity index (χ3v) is 3.73. The van der Waals surface area contributed by atoms with Gasteiger partial charge in [0.2, 0.25) is 0 Å². The average molecular weight is 210 g/mol. The molecule has 0 bridgehead atoms. The Hall–Kier alpha value is -0.670. The SMILES string of the molecule is Cc1cc(C)c(C(=O)C2CCOC2)s1. The Morgan fingerprint density at radius 3 is 2.86 bits per heavy atom. The third-order valence-electron chi connectivity index (χ3n) is 2.57. The fourth-order valence-corrected chi connectivity index (χ4v) is 2.86. The summed E-state index contributed by atoms with van der Waals surface area (Å²) in [6.45, 7) is 5.39. The summed E-state index contributed by atoms with van der Waals surface area (Å²) in [7, 11) is 0. The highest BCUT2D eigenvalue weighted by atomic mass is 32.1. The highest BCUT2D eigenvalue weighted by Crippen LogP contribution is 2.26. The molecule has 2 rings (SSSR count). The first kappa shape index (κ1) is 9.87. The van der Waals surface area contributed by atoms with Crippen LogP contribution in [0.15, 0.2) is 6.07 Å². The Bertz CT molecular complexity index is 348. The van der Waals surface area contributed by atoms with E-state index >= 15 is 0 Å². The van der Waals surface area contributed by atoms with E-state index in [1.807, 2.05) is 13.8 Å². The molecule has 1 fully saturated rings. The van der Waals surface area contributed by atoms with Crippen LogP contribution in [0, 0.1) is 19.8 Å². The Balaban J connectivity index is 2.21. The van der Waals surface area contributed by atoms with Gasteiger partial charge in [0, 0.05) is 17.4 Å². The number of ketones is 1. The lowest BCUT2D eigenvalue weighted by atomic mass is 10.0. The van der Waals surface area contributed by atoms with E-state index in [9.17, 15) is 4.79 Å². The lowest BCUT2D eigenvalue weighted by molar-refractivity contribution is 0.0904. The lowest BCUT2D eigenvalue weighted by Crippen LogP contribution is -2.13. The van der Waals surface area contributed by atoms with Gasteiger partial charge in [-0.1, -0.05) is 0 Å². The minimum atomic E-state index is 0.103. The molecule has 2 heterocycles. The van der Waals surface area contributed by atoms with Crippen LogP contribution in [0.3, 0.4) is 0 Å². The minimum Gasteiger partial charge on any atom is -0.381 e. The summed E-state index contributed by atoms with van der Waals surface area (Å²) in [5, 5.41) is 0. The molecule has 1 atom stereocenters. The second-order valence-corrected chi connectivity index (χ2v) is 5.05. The van der Waals surface area contributed by atoms with Crippen LogP contribution in [0.5, 0.6) is 0 Å². The van der Waals surface area contributed by atoms with Crippen molar-refractivity contribution in [2.75, 3.05) is 13.2 Å². The Kier molecular flexibility index (Phi) is 2.70. The number of carbonyl (C=O) groups excluding carboxylic acids is 1. The van der Waals surface area contributed by atoms with Crippen molar-refractivity contribution in [2.24, 2.45) is 5.92 Å². The molecule has 0 saturated carbocycles. The maximum atomic E-state index is 12.0. The van der Waals surface area contributed by atoms with Crippen molar-refractivity contribution in [2.45, 2.75) is 20.3 Å². The molecule has 3 heteroatoms. The summed E-state index contributed by atoms with van der Waals surface area (Å²) in [6, 6.07) is 2.08. The zero-order valence-corrected chi connectivity index (χ0v) is 9.32. The Morgan fingerprint density at radius 2 is 2.36 bits per heavy atom. The van der Waals surface area contributed by atoms with E-state index < -0.39 is 0 Å². The lowest BCUT2D eigenvalue weighted by Gasteiger charge is -2.04. The number of thiophene rings is 1. The van der Waals surface area contributed by atoms with Crippen molar-refractivity contribution in [3.05, 3.63) is 21.4 Å². The summed E-state index contributed by atoms with van der Waals surface area (Å²) in [6.07, 6.45) is 0.884. The number of Topliss-reactive ketones (excluding diaryl/α,β-unsaturated/α-hetero) is 1. The monoisotopic (exact) mass is 210 g/mol. The van der Waals surface area contributed by atoms with Crippen molar-refractivity contribution in [1.29, 1.82) is 0 Å². The Labute approximate surface area is 87.9 Å². The fraction of sp³-hybridized carbons (Fsp3) is 0.545. The number of carbonyl (C=O) groups is 1. The first-order valence-electron chi connectivity index (χ1n) is 4.87. The summed E-state index contributed by atoms with van der Waals surface area (Å²) in [5.74, 6) is 0.379. The van der Waals surface area contributed by atoms with Crippen molar-refractivity contribution >= 4 is 17.1 Å². The van der Waals surface area contributed by atoms with Gasteiger partial charge < -0.3 is 4.74 Å². The van der Waals surface area contributed by atoms with Crippen LogP contribution in [0.4, 0.5) is 0 Å². The first-order valence-corrected chi connectivity index (χ1v) is 5.69. The van der Waals surface area contributed by atoms with Crippen molar-refractivity contribution in [3.63, 3.8) is 0 Å². The van der Waals surface area contributed by atoms with Crippen molar-refractivity contribution in [3.8, 4) is 0 Å². The maximum Gasteiger partial charge on any atom is 0.178 e. The van der Waals surface area contributed by atoms with Crippen LogP contribution in [-0.2, 0) is 4.74 Å². The van der Waals surface area contributed by atoms with Crippen LogP contribution in [0.1, 0.15) is 26.5 Å². The summed E-state index contributed by atoms with van der Waals surface area (Å²) >= 11 is 1.60. The molecular weight excluding hydrogens is 196 g/mol. The Morgan fingerprint density at radius 1 is 1.57 bits per heavy atom. The number of hydrogen-bond acceptors (Lipinski definition) is 3. The maximum absolute atomic E-state index is 12.0. The van der Waals surface area contributed by atoms with E-state index in [4.69, 9.17) is 4.74 Å². The van der Waals surface area contributed by atoms with Crippen LogP contribution >= 0.6 is 11.3 Å². The van der Waals surface area contributed by atoms with Gasteiger partial charge in [-0.25, -0.2) is 0 Å². The van der Waals surface area contributed by atoms with Gasteiger partial charge in [-0.05, 0) is 31.9 Å². The fourth-order valence-electron chi connectivity index (χ4n) is 1.81. The molecule has 76 valence electrons. The molecule has 2 nitrogen and oxygen atoms in total. The quantitative estimate of drug-likeness (QED) is 0.701. The second-order valence-electron chi connectivity index (χ2n) is 3.79. The van der Waals surface area contributed by atoms with Gasteiger partial charge in [0.15, 0.2) is 5.78 Å². The predicted molar refractivity (Wildman–Crippen MR) is 57.0 cm³/mol. The third kappa shape index (κ3) is 1.74. The largest absolute Gasteiger partial charge is 0.381 e. The van der Waals surface area contributed by atoms with E-state index in [0.717, 1.165) is 23.5 Å². The van der Waals surface area contributed by atoms with Gasteiger partial charge in [0.1, 0.15) is 0 Å². The van der Waals surface area contributed by atoms with Crippen molar-refractivity contribution in [1.82, 2.24) is 0 Å². The molecule has 1 aromatic heterocycles. The number of ether oxygens (including phenoxy) is 1. The molecule has 0 aromatic carbocycles. The van der Waals surface area contributed by atoms with Gasteiger partial charge in [0.05, 0.1) is 11.5 Å². The smallest absolute Gasteiger partial charge is 0.178 e. The normalized spacial score (nSPS) is 21.4. The molecule has 14 heavy (non-hydrogen) atoms. The van der Waals surface area contributed by atoms with Crippen LogP contribution in [-0.4, -0.2) is 19.0 Å². The second kappa shape index (κ2) is 3.83. The van der Waals surface area contributed by atoms with E-state index in [0.29, 0.717) is 6.61 Å². The van der Waals surface area contributed by atoms with E-state index in [1.165, 1.54) is 4.88 Å². The van der Waals surface area contributed by atoms with Gasteiger partial charge in [0.25, 0.3) is 0 Å². The molecule has 1 saturated heterocycles. The standard InChI is InChI=1S/C11H14O2S/c1-7-5-8(2)14-11(7)10(12)9-3-4-13-6-9/h5,9H,3-4,6H2,1-2H3. The number of rotatable bonds is 2. The van der Waals surface area contributed by atoms with Gasteiger partial charge in [-0.2, -0.15) is 0 Å². The first-order chi connectivity index (χ1) is 6.68. The van der Waals surface area contributed by atoms with E-state index in [2.05, 4.69) is 6.07 Å². The molecule has 1 unspecified atom stereocenters. The molecule has 0 N–H and O–H groups in total. The van der Waals surface area contributed by atoms with E-state index in [1.54, 1.807) is 11.3 Å². The topological polar surface area (TPSA) is 26.3 Å². The van der Waals surface area contributed by atoms with Crippen LogP contribution < -0.4 is 0 Å². The molecule has 1 aromatic rings. The van der Waals surface area contributed by atoms with Crippen LogP contribution in [0.25, 0.3) is 0 Å². The average Bonchev–Trinajstić information content (AvgIpc) is 2.73. The number of aryl methyl sites for hydroxylation is 2. The van der Waals surface area contributed by atoms with Gasteiger partial charge in [-0.15, -0.1) is 11.3 Å². The molecule has 0 radical (unpaired) electrons. The molecule has 0 spiro atoms. The molecule has 0 amide bonds. The van der Waals surface area contributed by atoms with E-state index in [-0.39, 0.29) is 11.7 Å². The predicted octanol–water partition coefficient (Wildman–Crippen LogP) is 2.58. The minimum absolute atomic E-state index is 0.103. The number of hydrogen-bond donors (Lipinski definition) is 0. The highest BCUT2D eigenvalue weighted by molar-refractivity contribution is 7.14. The van der Waals surface area contributed by atoms with Crippen LogP contribution in [0.2, 0.25) is 0 Å². The van der Waals surface area contributed by atoms with Gasteiger partial charge in [-0.3, -0.25) is 4.79 Å². The summed E-state index contributed by atoms with van der Waals surface area (Å²) in [5.41, 5.74) is 1.12. The van der Waals surface area contributed by atoms with Gasteiger partial charge >= 0.3 is 0 Å². The molecular formula is C11H14O2S.